The van der Waals surface area contributed by atoms with Gasteiger partial charge in [0.1, 0.15) is 5.75 Å². The van der Waals surface area contributed by atoms with Gasteiger partial charge in [-0.25, -0.2) is 13.1 Å². The topological polar surface area (TPSA) is 75.7 Å². The number of nitrogens with one attached hydrogen (secondary N) is 1. The number of hydrogen-bond acceptors (Lipinski definition) is 4. The Hall–Kier alpha value is -2.38. The number of methoxy groups -OCH3 is 1. The van der Waals surface area contributed by atoms with Gasteiger partial charge in [0.15, 0.2) is 0 Å². The smallest absolute Gasteiger partial charge is 0.253 e. The van der Waals surface area contributed by atoms with Crippen molar-refractivity contribution in [2.24, 2.45) is 0 Å². The number of ether oxygens (including phenoxy) is 1. The molecule has 1 amide bonds. The molecule has 2 aromatic rings. The van der Waals surface area contributed by atoms with Crippen molar-refractivity contribution in [3.8, 4) is 5.75 Å². The summed E-state index contributed by atoms with van der Waals surface area (Å²) in [4.78, 5) is 14.1. The minimum atomic E-state index is -3.72. The van der Waals surface area contributed by atoms with Crippen molar-refractivity contribution >= 4 is 15.9 Å². The van der Waals surface area contributed by atoms with E-state index in [2.05, 4.69) is 4.72 Å². The zero-order valence-electron chi connectivity index (χ0n) is 15.2. The molecule has 0 fully saturated rings. The monoisotopic (exact) mass is 376 g/mol. The molecule has 0 aliphatic carbocycles. The molecule has 0 aromatic heterocycles. The SMILES string of the molecule is CCN(CC)C(=O)c1cccc(S(=O)(=O)NCc2ccc(OC)cc2)c1. The molecule has 0 aliphatic rings. The lowest BCUT2D eigenvalue weighted by molar-refractivity contribution is 0.0772. The van der Waals surface area contributed by atoms with E-state index in [0.29, 0.717) is 24.4 Å². The zero-order valence-corrected chi connectivity index (χ0v) is 16.0. The van der Waals surface area contributed by atoms with Crippen LogP contribution >= 0.6 is 0 Å². The molecule has 0 saturated carbocycles. The first-order valence-electron chi connectivity index (χ1n) is 8.43. The molecule has 0 bridgehead atoms. The van der Waals surface area contributed by atoms with Gasteiger partial charge in [-0.1, -0.05) is 18.2 Å². The van der Waals surface area contributed by atoms with Gasteiger partial charge in [-0.3, -0.25) is 4.79 Å². The Morgan fingerprint density at radius 3 is 2.31 bits per heavy atom. The number of nitrogens with zero attached hydrogens (tertiary/aromatic N) is 1. The predicted octanol–water partition coefficient (Wildman–Crippen LogP) is 2.66. The van der Waals surface area contributed by atoms with Gasteiger partial charge in [-0.15, -0.1) is 0 Å². The number of hydrogen-bond donors (Lipinski definition) is 1. The van der Waals surface area contributed by atoms with Crippen molar-refractivity contribution < 1.29 is 17.9 Å². The highest BCUT2D eigenvalue weighted by Crippen LogP contribution is 2.15. The fraction of sp³-hybridized carbons (Fsp3) is 0.316. The second kappa shape index (κ2) is 8.82. The maximum atomic E-state index is 12.6. The molecular formula is C19H24N2O4S. The van der Waals surface area contributed by atoms with Crippen LogP contribution in [0.2, 0.25) is 0 Å². The van der Waals surface area contributed by atoms with Crippen LogP contribution in [-0.2, 0) is 16.6 Å². The molecule has 0 radical (unpaired) electrons. The molecule has 140 valence electrons. The maximum absolute atomic E-state index is 12.6. The van der Waals surface area contributed by atoms with E-state index in [1.54, 1.807) is 48.4 Å². The van der Waals surface area contributed by atoms with Crippen molar-refractivity contribution in [2.75, 3.05) is 20.2 Å². The van der Waals surface area contributed by atoms with Crippen LogP contribution in [0.1, 0.15) is 29.8 Å². The van der Waals surface area contributed by atoms with Crippen LogP contribution in [-0.4, -0.2) is 39.4 Å². The average molecular weight is 376 g/mol. The third kappa shape index (κ3) is 4.83. The van der Waals surface area contributed by atoms with E-state index in [1.165, 1.54) is 12.1 Å². The van der Waals surface area contributed by atoms with Crippen molar-refractivity contribution in [1.82, 2.24) is 9.62 Å². The summed E-state index contributed by atoms with van der Waals surface area (Å²) in [6.45, 7) is 5.07. The quantitative estimate of drug-likeness (QED) is 0.768. The molecular weight excluding hydrogens is 352 g/mol. The molecule has 0 unspecified atom stereocenters. The molecule has 0 spiro atoms. The van der Waals surface area contributed by atoms with E-state index in [9.17, 15) is 13.2 Å². The Balaban J connectivity index is 2.15. The Morgan fingerprint density at radius 1 is 1.08 bits per heavy atom. The first-order valence-corrected chi connectivity index (χ1v) is 9.91. The van der Waals surface area contributed by atoms with Crippen LogP contribution in [0.25, 0.3) is 0 Å². The number of carbonyl (C=O) groups excluding carboxylic acids is 1. The van der Waals surface area contributed by atoms with Gasteiger partial charge in [0.2, 0.25) is 10.0 Å². The van der Waals surface area contributed by atoms with Crippen molar-refractivity contribution in [3.63, 3.8) is 0 Å². The van der Waals surface area contributed by atoms with Crippen molar-refractivity contribution in [2.45, 2.75) is 25.3 Å². The maximum Gasteiger partial charge on any atom is 0.253 e. The van der Waals surface area contributed by atoms with Crippen LogP contribution < -0.4 is 9.46 Å². The van der Waals surface area contributed by atoms with Gasteiger partial charge in [0.25, 0.3) is 5.91 Å². The first-order chi connectivity index (χ1) is 12.4. The Kier molecular flexibility index (Phi) is 6.76. The zero-order chi connectivity index (χ0) is 19.2. The molecule has 2 aromatic carbocycles. The van der Waals surface area contributed by atoms with Gasteiger partial charge in [-0.05, 0) is 49.7 Å². The molecule has 1 N–H and O–H groups in total. The van der Waals surface area contributed by atoms with Crippen molar-refractivity contribution in [3.05, 3.63) is 59.7 Å². The molecule has 6 nitrogen and oxygen atoms in total. The Labute approximate surface area is 154 Å². The highest BCUT2D eigenvalue weighted by atomic mass is 32.2. The fourth-order valence-electron chi connectivity index (χ4n) is 2.49. The summed E-state index contributed by atoms with van der Waals surface area (Å²) in [5.74, 6) is 0.529. The minimum Gasteiger partial charge on any atom is -0.497 e. The van der Waals surface area contributed by atoms with Gasteiger partial charge in [0, 0.05) is 25.2 Å². The molecule has 0 saturated heterocycles. The number of amides is 1. The summed E-state index contributed by atoms with van der Waals surface area (Å²) >= 11 is 0. The van der Waals surface area contributed by atoms with Crippen LogP contribution in [0.3, 0.4) is 0 Å². The predicted molar refractivity (Wildman–Crippen MR) is 101 cm³/mol. The summed E-state index contributed by atoms with van der Waals surface area (Å²) in [5, 5.41) is 0. The summed E-state index contributed by atoms with van der Waals surface area (Å²) in [5.41, 5.74) is 1.17. The lowest BCUT2D eigenvalue weighted by Gasteiger charge is -2.19. The third-order valence-corrected chi connectivity index (χ3v) is 5.47. The largest absolute Gasteiger partial charge is 0.497 e. The van der Waals surface area contributed by atoms with Crippen LogP contribution in [0.5, 0.6) is 5.75 Å². The normalized spacial score (nSPS) is 11.2. The Bertz CT molecular complexity index is 844. The second-order valence-electron chi connectivity index (χ2n) is 5.68. The van der Waals surface area contributed by atoms with E-state index in [-0.39, 0.29) is 17.3 Å². The summed E-state index contributed by atoms with van der Waals surface area (Å²) in [6, 6.07) is 13.2. The van der Waals surface area contributed by atoms with Crippen LogP contribution in [0, 0.1) is 0 Å². The van der Waals surface area contributed by atoms with E-state index < -0.39 is 10.0 Å². The number of benzene rings is 2. The van der Waals surface area contributed by atoms with Crippen molar-refractivity contribution in [1.29, 1.82) is 0 Å². The summed E-state index contributed by atoms with van der Waals surface area (Å²) in [7, 11) is -2.15. The lowest BCUT2D eigenvalue weighted by Crippen LogP contribution is -2.30. The highest BCUT2D eigenvalue weighted by molar-refractivity contribution is 7.89. The van der Waals surface area contributed by atoms with E-state index in [0.717, 1.165) is 5.56 Å². The number of rotatable bonds is 8. The number of sulfonamides is 1. The summed E-state index contributed by atoms with van der Waals surface area (Å²) < 4.78 is 32.7. The van der Waals surface area contributed by atoms with Gasteiger partial charge < -0.3 is 9.64 Å². The Morgan fingerprint density at radius 2 is 1.73 bits per heavy atom. The average Bonchev–Trinajstić information content (AvgIpc) is 2.68. The van der Waals surface area contributed by atoms with Gasteiger partial charge in [0.05, 0.1) is 12.0 Å². The third-order valence-electron chi connectivity index (χ3n) is 4.07. The van der Waals surface area contributed by atoms with E-state index in [4.69, 9.17) is 4.74 Å². The minimum absolute atomic E-state index is 0.0732. The molecule has 0 aliphatic heterocycles. The molecule has 0 atom stereocenters. The van der Waals surface area contributed by atoms with E-state index >= 15 is 0 Å². The molecule has 7 heteroatoms. The fourth-order valence-corrected chi connectivity index (χ4v) is 3.56. The van der Waals surface area contributed by atoms with Gasteiger partial charge >= 0.3 is 0 Å². The first kappa shape index (κ1) is 19.9. The van der Waals surface area contributed by atoms with Gasteiger partial charge in [-0.2, -0.15) is 0 Å². The molecule has 2 rings (SSSR count). The molecule has 26 heavy (non-hydrogen) atoms. The standard InChI is InChI=1S/C19H24N2O4S/c1-4-21(5-2)19(22)16-7-6-8-18(13-16)26(23,24)20-14-15-9-11-17(25-3)12-10-15/h6-13,20H,4-5,14H2,1-3H3. The highest BCUT2D eigenvalue weighted by Gasteiger charge is 2.18. The summed E-state index contributed by atoms with van der Waals surface area (Å²) in [6.07, 6.45) is 0. The van der Waals surface area contributed by atoms with Crippen LogP contribution in [0.15, 0.2) is 53.4 Å². The number of carbonyl (C=O) groups is 1. The molecule has 0 heterocycles. The van der Waals surface area contributed by atoms with Crippen LogP contribution in [0.4, 0.5) is 0 Å². The second-order valence-corrected chi connectivity index (χ2v) is 7.44. The van der Waals surface area contributed by atoms with E-state index in [1.807, 2.05) is 13.8 Å². The lowest BCUT2D eigenvalue weighted by atomic mass is 10.2.